The number of hydrogen-bond acceptors (Lipinski definition) is 3. The third-order valence-electron chi connectivity index (χ3n) is 3.85. The molecule has 0 bridgehead atoms. The Morgan fingerprint density at radius 2 is 1.79 bits per heavy atom. The fourth-order valence-electron chi connectivity index (χ4n) is 3.90. The summed E-state index contributed by atoms with van der Waals surface area (Å²) in [7, 11) is 0. The lowest BCUT2D eigenvalue weighted by Gasteiger charge is -2.46. The number of esters is 1. The van der Waals surface area contributed by atoms with Crippen molar-refractivity contribution in [3.8, 4) is 0 Å². The van der Waals surface area contributed by atoms with Crippen LogP contribution in [0.15, 0.2) is 0 Å². The lowest BCUT2D eigenvalue weighted by atomic mass is 9.63. The molecule has 1 unspecified atom stereocenters. The summed E-state index contributed by atoms with van der Waals surface area (Å²) in [4.78, 5) is 11.5. The van der Waals surface area contributed by atoms with E-state index >= 15 is 0 Å². The average molecular weight is 269 g/mol. The van der Waals surface area contributed by atoms with Gasteiger partial charge in [0.2, 0.25) is 0 Å². The first-order valence-electron chi connectivity index (χ1n) is 7.55. The molecule has 0 amide bonds. The van der Waals surface area contributed by atoms with Gasteiger partial charge in [-0.2, -0.15) is 0 Å². The van der Waals surface area contributed by atoms with Gasteiger partial charge in [0.15, 0.2) is 0 Å². The predicted octanol–water partition coefficient (Wildman–Crippen LogP) is 3.52. The molecule has 0 spiro atoms. The summed E-state index contributed by atoms with van der Waals surface area (Å²) in [6.07, 6.45) is 4.10. The molecule has 0 radical (unpaired) electrons. The van der Waals surface area contributed by atoms with Gasteiger partial charge >= 0.3 is 5.97 Å². The highest BCUT2D eigenvalue weighted by Crippen LogP contribution is 2.45. The molecule has 3 nitrogen and oxygen atoms in total. The minimum Gasteiger partial charge on any atom is -0.466 e. The Bertz CT molecular complexity index is 294. The zero-order valence-corrected chi connectivity index (χ0v) is 13.5. The van der Waals surface area contributed by atoms with Crippen LogP contribution in [0.1, 0.15) is 67.2 Å². The van der Waals surface area contributed by atoms with E-state index in [0.29, 0.717) is 29.9 Å². The SMILES string of the molecule is CCOC(=O)CC(C)NC1CC(C)(C)CC(C)(C)C1. The van der Waals surface area contributed by atoms with Crippen molar-refractivity contribution in [2.24, 2.45) is 10.8 Å². The second-order valence-corrected chi connectivity index (χ2v) is 7.69. The number of rotatable bonds is 5. The Hall–Kier alpha value is -0.570. The van der Waals surface area contributed by atoms with Crippen molar-refractivity contribution >= 4 is 5.97 Å². The number of nitrogens with one attached hydrogen (secondary N) is 1. The molecule has 1 rings (SSSR count). The van der Waals surface area contributed by atoms with Crippen molar-refractivity contribution in [3.05, 3.63) is 0 Å². The molecule has 1 N–H and O–H groups in total. The highest BCUT2D eigenvalue weighted by molar-refractivity contribution is 5.70. The average Bonchev–Trinajstić information content (AvgIpc) is 2.10. The lowest BCUT2D eigenvalue weighted by Crippen LogP contribution is -2.47. The molecule has 0 saturated heterocycles. The molecule has 0 aromatic rings. The van der Waals surface area contributed by atoms with Crippen molar-refractivity contribution in [2.45, 2.75) is 79.3 Å². The molecule has 1 aliphatic rings. The van der Waals surface area contributed by atoms with Crippen molar-refractivity contribution in [3.63, 3.8) is 0 Å². The van der Waals surface area contributed by atoms with Gasteiger partial charge in [-0.25, -0.2) is 0 Å². The van der Waals surface area contributed by atoms with E-state index in [0.717, 1.165) is 0 Å². The number of ether oxygens (including phenoxy) is 1. The Labute approximate surface area is 118 Å². The van der Waals surface area contributed by atoms with Gasteiger partial charge in [0.1, 0.15) is 0 Å². The van der Waals surface area contributed by atoms with Crippen LogP contribution in [0.2, 0.25) is 0 Å². The summed E-state index contributed by atoms with van der Waals surface area (Å²) >= 11 is 0. The van der Waals surface area contributed by atoms with E-state index in [1.54, 1.807) is 0 Å². The lowest BCUT2D eigenvalue weighted by molar-refractivity contribution is -0.143. The monoisotopic (exact) mass is 269 g/mol. The van der Waals surface area contributed by atoms with E-state index in [1.807, 2.05) is 6.92 Å². The Morgan fingerprint density at radius 3 is 2.26 bits per heavy atom. The van der Waals surface area contributed by atoms with Gasteiger partial charge in [0, 0.05) is 12.1 Å². The Morgan fingerprint density at radius 1 is 1.26 bits per heavy atom. The van der Waals surface area contributed by atoms with Gasteiger partial charge in [0.05, 0.1) is 13.0 Å². The highest BCUT2D eigenvalue weighted by Gasteiger charge is 2.38. The molecule has 1 atom stereocenters. The molecule has 1 fully saturated rings. The maximum atomic E-state index is 11.5. The molecule has 1 aliphatic carbocycles. The van der Waals surface area contributed by atoms with E-state index in [2.05, 4.69) is 39.9 Å². The van der Waals surface area contributed by atoms with Crippen LogP contribution < -0.4 is 5.32 Å². The van der Waals surface area contributed by atoms with Crippen LogP contribution in [0.25, 0.3) is 0 Å². The topological polar surface area (TPSA) is 38.3 Å². The molecule has 0 heterocycles. The number of carbonyl (C=O) groups is 1. The molecule has 112 valence electrons. The second-order valence-electron chi connectivity index (χ2n) is 7.69. The van der Waals surface area contributed by atoms with Crippen LogP contribution >= 0.6 is 0 Å². The molecule has 19 heavy (non-hydrogen) atoms. The first-order chi connectivity index (χ1) is 8.63. The van der Waals surface area contributed by atoms with Gasteiger partial charge in [-0.3, -0.25) is 4.79 Å². The quantitative estimate of drug-likeness (QED) is 0.776. The normalized spacial score (nSPS) is 23.9. The summed E-state index contributed by atoms with van der Waals surface area (Å²) in [5.41, 5.74) is 0.756. The van der Waals surface area contributed by atoms with Crippen LogP contribution in [-0.2, 0) is 9.53 Å². The zero-order valence-electron chi connectivity index (χ0n) is 13.5. The molecular formula is C16H31NO2. The summed E-state index contributed by atoms with van der Waals surface area (Å²) in [5.74, 6) is -0.100. The summed E-state index contributed by atoms with van der Waals surface area (Å²) < 4.78 is 5.00. The predicted molar refractivity (Wildman–Crippen MR) is 79.0 cm³/mol. The molecule has 0 aromatic carbocycles. The van der Waals surface area contributed by atoms with Crippen LogP contribution in [0.5, 0.6) is 0 Å². The van der Waals surface area contributed by atoms with E-state index < -0.39 is 0 Å². The zero-order chi connectivity index (χ0) is 14.7. The molecule has 0 aliphatic heterocycles. The van der Waals surface area contributed by atoms with Gasteiger partial charge in [-0.05, 0) is 43.9 Å². The van der Waals surface area contributed by atoms with Crippen LogP contribution in [-0.4, -0.2) is 24.7 Å². The highest BCUT2D eigenvalue weighted by atomic mass is 16.5. The van der Waals surface area contributed by atoms with Crippen LogP contribution in [0, 0.1) is 10.8 Å². The molecule has 3 heteroatoms. The van der Waals surface area contributed by atoms with Crippen molar-refractivity contribution in [1.82, 2.24) is 5.32 Å². The third kappa shape index (κ3) is 5.94. The van der Waals surface area contributed by atoms with Crippen molar-refractivity contribution in [1.29, 1.82) is 0 Å². The van der Waals surface area contributed by atoms with Gasteiger partial charge < -0.3 is 10.1 Å². The fraction of sp³-hybridized carbons (Fsp3) is 0.938. The fourth-order valence-corrected chi connectivity index (χ4v) is 3.90. The first-order valence-corrected chi connectivity index (χ1v) is 7.55. The third-order valence-corrected chi connectivity index (χ3v) is 3.85. The first kappa shape index (κ1) is 16.5. The van der Waals surface area contributed by atoms with E-state index in [-0.39, 0.29) is 12.0 Å². The summed E-state index contributed by atoms with van der Waals surface area (Å²) in [6, 6.07) is 0.692. The van der Waals surface area contributed by atoms with Crippen LogP contribution in [0.4, 0.5) is 0 Å². The van der Waals surface area contributed by atoms with Gasteiger partial charge in [-0.1, -0.05) is 27.7 Å². The molecular weight excluding hydrogens is 238 g/mol. The van der Waals surface area contributed by atoms with Crippen molar-refractivity contribution in [2.75, 3.05) is 6.61 Å². The number of carbonyl (C=O) groups excluding carboxylic acids is 1. The van der Waals surface area contributed by atoms with E-state index in [1.165, 1.54) is 19.3 Å². The smallest absolute Gasteiger partial charge is 0.307 e. The maximum Gasteiger partial charge on any atom is 0.307 e. The van der Waals surface area contributed by atoms with Gasteiger partial charge in [0.25, 0.3) is 0 Å². The molecule has 0 aromatic heterocycles. The summed E-state index contributed by atoms with van der Waals surface area (Å²) in [6.45, 7) is 13.8. The standard InChI is InChI=1S/C16H31NO2/c1-7-19-14(18)8-12(2)17-13-9-15(3,4)11-16(5,6)10-13/h12-13,17H,7-11H2,1-6H3. The van der Waals surface area contributed by atoms with E-state index in [4.69, 9.17) is 4.74 Å². The molecule has 1 saturated carbocycles. The second kappa shape index (κ2) is 6.25. The largest absolute Gasteiger partial charge is 0.466 e. The van der Waals surface area contributed by atoms with Gasteiger partial charge in [-0.15, -0.1) is 0 Å². The van der Waals surface area contributed by atoms with Crippen molar-refractivity contribution < 1.29 is 9.53 Å². The van der Waals surface area contributed by atoms with E-state index in [9.17, 15) is 4.79 Å². The Kier molecular flexibility index (Phi) is 5.43. The summed E-state index contributed by atoms with van der Waals surface area (Å²) in [5, 5.41) is 3.62. The minimum absolute atomic E-state index is 0.100. The number of hydrogen-bond donors (Lipinski definition) is 1. The maximum absolute atomic E-state index is 11.5. The Balaban J connectivity index is 2.49. The van der Waals surface area contributed by atoms with Crippen LogP contribution in [0.3, 0.4) is 0 Å². The minimum atomic E-state index is -0.100.